The zero-order valence-electron chi connectivity index (χ0n) is 12.3. The molecule has 0 fully saturated rings. The van der Waals surface area contributed by atoms with Gasteiger partial charge in [0, 0.05) is 17.8 Å². The zero-order chi connectivity index (χ0) is 15.2. The highest BCUT2D eigenvalue weighted by Crippen LogP contribution is 2.17. The van der Waals surface area contributed by atoms with Crippen LogP contribution in [0.1, 0.15) is 21.5 Å². The second kappa shape index (κ2) is 6.79. The van der Waals surface area contributed by atoms with Gasteiger partial charge < -0.3 is 15.8 Å². The largest absolute Gasteiger partial charge is 0.496 e. The van der Waals surface area contributed by atoms with Gasteiger partial charge in [-0.2, -0.15) is 0 Å². The molecule has 0 saturated heterocycles. The van der Waals surface area contributed by atoms with Crippen molar-refractivity contribution >= 4 is 11.6 Å². The van der Waals surface area contributed by atoms with E-state index in [9.17, 15) is 4.79 Å². The molecule has 4 heteroatoms. The predicted octanol–water partition coefficient (Wildman–Crippen LogP) is 2.56. The number of amides is 1. The highest BCUT2D eigenvalue weighted by molar-refractivity contribution is 5.94. The number of benzene rings is 2. The smallest absolute Gasteiger partial charge is 0.251 e. The SMILES string of the molecule is COc1ccccc1CCNC(=O)c1ccc(N)c(C)c1. The number of hydrogen-bond acceptors (Lipinski definition) is 3. The van der Waals surface area contributed by atoms with Crippen LogP contribution >= 0.6 is 0 Å². The molecule has 0 heterocycles. The van der Waals surface area contributed by atoms with Crippen molar-refractivity contribution in [2.75, 3.05) is 19.4 Å². The van der Waals surface area contributed by atoms with Crippen LogP contribution in [0.2, 0.25) is 0 Å². The van der Waals surface area contributed by atoms with Crippen molar-refractivity contribution < 1.29 is 9.53 Å². The molecular weight excluding hydrogens is 264 g/mol. The summed E-state index contributed by atoms with van der Waals surface area (Å²) in [5.74, 6) is 0.753. The number of nitrogen functional groups attached to an aromatic ring is 1. The van der Waals surface area contributed by atoms with Gasteiger partial charge in [-0.05, 0) is 48.7 Å². The van der Waals surface area contributed by atoms with E-state index in [0.29, 0.717) is 17.8 Å². The molecule has 0 aliphatic heterocycles. The number of rotatable bonds is 5. The summed E-state index contributed by atoms with van der Waals surface area (Å²) in [6.07, 6.45) is 0.726. The highest BCUT2D eigenvalue weighted by Gasteiger charge is 2.07. The van der Waals surface area contributed by atoms with Crippen molar-refractivity contribution in [1.29, 1.82) is 0 Å². The van der Waals surface area contributed by atoms with Crippen LogP contribution in [-0.2, 0) is 6.42 Å². The molecule has 0 atom stereocenters. The Kier molecular flexibility index (Phi) is 4.82. The van der Waals surface area contributed by atoms with E-state index in [2.05, 4.69) is 5.32 Å². The van der Waals surface area contributed by atoms with Crippen molar-refractivity contribution in [3.8, 4) is 5.75 Å². The fourth-order valence-corrected chi connectivity index (χ4v) is 2.14. The second-order valence-corrected chi connectivity index (χ2v) is 4.89. The van der Waals surface area contributed by atoms with E-state index >= 15 is 0 Å². The van der Waals surface area contributed by atoms with Gasteiger partial charge in [-0.1, -0.05) is 18.2 Å². The molecule has 0 aliphatic rings. The van der Waals surface area contributed by atoms with E-state index in [0.717, 1.165) is 23.3 Å². The van der Waals surface area contributed by atoms with Crippen molar-refractivity contribution in [3.63, 3.8) is 0 Å². The number of nitrogens with one attached hydrogen (secondary N) is 1. The predicted molar refractivity (Wildman–Crippen MR) is 84.6 cm³/mol. The maximum Gasteiger partial charge on any atom is 0.251 e. The Morgan fingerprint density at radius 1 is 1.24 bits per heavy atom. The minimum absolute atomic E-state index is 0.0898. The number of methoxy groups -OCH3 is 1. The lowest BCUT2D eigenvalue weighted by molar-refractivity contribution is 0.0954. The van der Waals surface area contributed by atoms with E-state index in [1.807, 2.05) is 31.2 Å². The lowest BCUT2D eigenvalue weighted by atomic mass is 10.1. The van der Waals surface area contributed by atoms with Gasteiger partial charge in [-0.3, -0.25) is 4.79 Å². The van der Waals surface area contributed by atoms with Gasteiger partial charge in [-0.25, -0.2) is 0 Å². The van der Waals surface area contributed by atoms with Crippen LogP contribution in [0.15, 0.2) is 42.5 Å². The Hall–Kier alpha value is -2.49. The summed E-state index contributed by atoms with van der Waals surface area (Å²) in [4.78, 5) is 12.1. The molecule has 0 bridgehead atoms. The summed E-state index contributed by atoms with van der Waals surface area (Å²) in [6.45, 7) is 2.45. The van der Waals surface area contributed by atoms with Gasteiger partial charge in [0.25, 0.3) is 5.91 Å². The molecule has 0 aliphatic carbocycles. The Morgan fingerprint density at radius 3 is 2.71 bits per heavy atom. The summed E-state index contributed by atoms with van der Waals surface area (Å²) in [6, 6.07) is 13.1. The topological polar surface area (TPSA) is 64.3 Å². The van der Waals surface area contributed by atoms with Crippen LogP contribution in [0.5, 0.6) is 5.75 Å². The molecule has 2 rings (SSSR count). The number of anilines is 1. The Bertz CT molecular complexity index is 638. The molecule has 110 valence electrons. The molecule has 1 amide bonds. The van der Waals surface area contributed by atoms with Gasteiger partial charge in [0.2, 0.25) is 0 Å². The lowest BCUT2D eigenvalue weighted by Gasteiger charge is -2.09. The Morgan fingerprint density at radius 2 is 2.00 bits per heavy atom. The molecule has 0 aromatic heterocycles. The fraction of sp³-hybridized carbons (Fsp3) is 0.235. The van der Waals surface area contributed by atoms with Crippen molar-refractivity contribution in [2.24, 2.45) is 0 Å². The molecule has 4 nitrogen and oxygen atoms in total. The maximum absolute atomic E-state index is 12.1. The number of carbonyl (C=O) groups is 1. The molecule has 0 radical (unpaired) electrons. The minimum Gasteiger partial charge on any atom is -0.496 e. The normalized spacial score (nSPS) is 10.2. The molecule has 2 aromatic rings. The summed E-state index contributed by atoms with van der Waals surface area (Å²) in [5, 5.41) is 2.91. The number of ether oxygens (including phenoxy) is 1. The standard InChI is InChI=1S/C17H20N2O2/c1-12-11-14(7-8-15(12)18)17(20)19-10-9-13-5-3-4-6-16(13)21-2/h3-8,11H,9-10,18H2,1-2H3,(H,19,20). The van der Waals surface area contributed by atoms with Gasteiger partial charge in [0.1, 0.15) is 5.75 Å². The van der Waals surface area contributed by atoms with Gasteiger partial charge in [-0.15, -0.1) is 0 Å². The average Bonchev–Trinajstić information content (AvgIpc) is 2.50. The second-order valence-electron chi connectivity index (χ2n) is 4.89. The van der Waals surface area contributed by atoms with E-state index in [1.54, 1.807) is 25.3 Å². The first kappa shape index (κ1) is 14.9. The van der Waals surface area contributed by atoms with E-state index < -0.39 is 0 Å². The van der Waals surface area contributed by atoms with E-state index in [4.69, 9.17) is 10.5 Å². The van der Waals surface area contributed by atoms with Gasteiger partial charge in [0.05, 0.1) is 7.11 Å². The van der Waals surface area contributed by atoms with Crippen LogP contribution in [-0.4, -0.2) is 19.6 Å². The van der Waals surface area contributed by atoms with Crippen molar-refractivity contribution in [3.05, 3.63) is 59.2 Å². The summed E-state index contributed by atoms with van der Waals surface area (Å²) >= 11 is 0. The number of nitrogens with two attached hydrogens (primary N) is 1. The fourth-order valence-electron chi connectivity index (χ4n) is 2.14. The van der Waals surface area contributed by atoms with E-state index in [-0.39, 0.29) is 5.91 Å². The zero-order valence-corrected chi connectivity index (χ0v) is 12.3. The van der Waals surface area contributed by atoms with Crippen molar-refractivity contribution in [1.82, 2.24) is 5.32 Å². The Balaban J connectivity index is 1.93. The highest BCUT2D eigenvalue weighted by atomic mass is 16.5. The molecule has 0 unspecified atom stereocenters. The first-order chi connectivity index (χ1) is 10.1. The minimum atomic E-state index is -0.0898. The third kappa shape index (κ3) is 3.75. The summed E-state index contributed by atoms with van der Waals surface area (Å²) in [7, 11) is 1.65. The number of hydrogen-bond donors (Lipinski definition) is 2. The number of aryl methyl sites for hydroxylation is 1. The lowest BCUT2D eigenvalue weighted by Crippen LogP contribution is -2.25. The molecule has 3 N–H and O–H groups in total. The third-order valence-electron chi connectivity index (χ3n) is 3.40. The summed E-state index contributed by atoms with van der Waals surface area (Å²) < 4.78 is 5.29. The van der Waals surface area contributed by atoms with Crippen LogP contribution in [0.25, 0.3) is 0 Å². The monoisotopic (exact) mass is 284 g/mol. The quantitative estimate of drug-likeness (QED) is 0.829. The number of carbonyl (C=O) groups excluding carboxylic acids is 1. The number of para-hydroxylation sites is 1. The van der Waals surface area contributed by atoms with Gasteiger partial charge >= 0.3 is 0 Å². The molecule has 2 aromatic carbocycles. The van der Waals surface area contributed by atoms with Crippen molar-refractivity contribution in [2.45, 2.75) is 13.3 Å². The Labute approximate surface area is 124 Å². The van der Waals surface area contributed by atoms with Crippen LogP contribution in [0.4, 0.5) is 5.69 Å². The molecule has 0 spiro atoms. The van der Waals surface area contributed by atoms with Crippen LogP contribution < -0.4 is 15.8 Å². The first-order valence-electron chi connectivity index (χ1n) is 6.88. The van der Waals surface area contributed by atoms with Crippen LogP contribution in [0.3, 0.4) is 0 Å². The average molecular weight is 284 g/mol. The molecule has 21 heavy (non-hydrogen) atoms. The first-order valence-corrected chi connectivity index (χ1v) is 6.88. The van der Waals surface area contributed by atoms with E-state index in [1.165, 1.54) is 0 Å². The molecule has 0 saturated carbocycles. The van der Waals surface area contributed by atoms with Crippen LogP contribution in [0, 0.1) is 6.92 Å². The van der Waals surface area contributed by atoms with Gasteiger partial charge in [0.15, 0.2) is 0 Å². The maximum atomic E-state index is 12.1. The summed E-state index contributed by atoms with van der Waals surface area (Å²) in [5.41, 5.74) is 9.06. The molecular formula is C17H20N2O2. The third-order valence-corrected chi connectivity index (χ3v) is 3.40.